The summed E-state index contributed by atoms with van der Waals surface area (Å²) in [6.07, 6.45) is 1.46. The monoisotopic (exact) mass is 468 g/mol. The van der Waals surface area contributed by atoms with E-state index in [1.165, 1.54) is 12.1 Å². The summed E-state index contributed by atoms with van der Waals surface area (Å²) in [7, 11) is 0. The lowest BCUT2D eigenvalue weighted by molar-refractivity contribution is -0.110. The highest BCUT2D eigenvalue weighted by molar-refractivity contribution is 6.36. The van der Waals surface area contributed by atoms with Crippen molar-refractivity contribution in [1.82, 2.24) is 15.2 Å². The maximum absolute atomic E-state index is 13.9. The molecule has 34 heavy (non-hydrogen) atoms. The Bertz CT molecular complexity index is 1170. The van der Waals surface area contributed by atoms with Crippen molar-refractivity contribution in [2.24, 2.45) is 0 Å². The van der Waals surface area contributed by atoms with Gasteiger partial charge in [-0.25, -0.2) is 4.39 Å². The van der Waals surface area contributed by atoms with Crippen LogP contribution < -0.4 is 10.6 Å². The topological polar surface area (TPSA) is 107 Å². The highest BCUT2D eigenvalue weighted by Crippen LogP contribution is 2.43. The van der Waals surface area contributed by atoms with E-state index in [9.17, 15) is 19.1 Å². The van der Waals surface area contributed by atoms with Crippen LogP contribution >= 0.6 is 0 Å². The Labute approximate surface area is 197 Å². The lowest BCUT2D eigenvalue weighted by Gasteiger charge is -2.28. The van der Waals surface area contributed by atoms with E-state index in [2.05, 4.69) is 20.5 Å². The second kappa shape index (κ2) is 9.32. The first-order valence-corrected chi connectivity index (χ1v) is 11.7. The zero-order valence-corrected chi connectivity index (χ0v) is 19.2. The number of morpholine rings is 1. The maximum atomic E-state index is 13.9. The smallest absolute Gasteiger partial charge is 0.256 e. The number of benzene rings is 1. The van der Waals surface area contributed by atoms with Crippen molar-refractivity contribution in [3.63, 3.8) is 0 Å². The van der Waals surface area contributed by atoms with Gasteiger partial charge in [-0.2, -0.15) is 0 Å². The molecule has 8 nitrogen and oxygen atoms in total. The fourth-order valence-corrected chi connectivity index (χ4v) is 5.19. The fraction of sp³-hybridized carbons (Fsp3) is 0.440. The number of aryl methyl sites for hydroxylation is 1. The standard InChI is InChI=1S/C25H29FN4O4/c1-14-21(24(32)27-12-16(31)13-30-7-9-34-10-8-30)17-3-2-4-18(23(17)28-14)22-19-11-15(26)5-6-20(19)29-25(22)33/h5-6,11,16,28,31H,2-4,7-10,12-13H2,1H3,(H,27,32)(H,29,33). The van der Waals surface area contributed by atoms with Gasteiger partial charge >= 0.3 is 0 Å². The number of nitrogens with zero attached hydrogens (tertiary/aromatic N) is 1. The predicted octanol–water partition coefficient (Wildman–Crippen LogP) is 2.08. The molecule has 2 aromatic rings. The first-order chi connectivity index (χ1) is 16.4. The lowest BCUT2D eigenvalue weighted by Crippen LogP contribution is -2.44. The zero-order valence-electron chi connectivity index (χ0n) is 19.2. The molecule has 2 aliphatic heterocycles. The van der Waals surface area contributed by atoms with Crippen molar-refractivity contribution in [2.75, 3.05) is 44.7 Å². The van der Waals surface area contributed by atoms with E-state index in [1.807, 2.05) is 6.92 Å². The van der Waals surface area contributed by atoms with Crippen molar-refractivity contribution >= 4 is 28.6 Å². The number of allylic oxidation sites excluding steroid dienone is 1. The second-order valence-electron chi connectivity index (χ2n) is 9.11. The number of β-amino-alcohol motifs (C(OH)–C–C–N with tert-alkyl or cyclic N) is 1. The Morgan fingerprint density at radius 1 is 1.29 bits per heavy atom. The summed E-state index contributed by atoms with van der Waals surface area (Å²) < 4.78 is 19.3. The number of rotatable bonds is 5. The molecular formula is C25H29FN4O4. The number of hydrogen-bond acceptors (Lipinski definition) is 5. The van der Waals surface area contributed by atoms with Crippen LogP contribution in [-0.4, -0.2) is 72.3 Å². The van der Waals surface area contributed by atoms with E-state index in [0.717, 1.165) is 36.3 Å². The summed E-state index contributed by atoms with van der Waals surface area (Å²) in [5, 5.41) is 16.1. The van der Waals surface area contributed by atoms with Crippen LogP contribution in [-0.2, 0) is 16.0 Å². The minimum atomic E-state index is -0.677. The Morgan fingerprint density at radius 3 is 2.88 bits per heavy atom. The Hall–Kier alpha value is -3.01. The summed E-state index contributed by atoms with van der Waals surface area (Å²) in [6.45, 7) is 5.32. The van der Waals surface area contributed by atoms with E-state index in [-0.39, 0.29) is 18.4 Å². The van der Waals surface area contributed by atoms with E-state index >= 15 is 0 Å². The summed E-state index contributed by atoms with van der Waals surface area (Å²) in [5.41, 5.74) is 5.32. The van der Waals surface area contributed by atoms with Crippen LogP contribution in [0.1, 0.15) is 45.7 Å². The zero-order chi connectivity index (χ0) is 23.8. The molecule has 3 aliphatic rings. The van der Waals surface area contributed by atoms with E-state index in [4.69, 9.17) is 4.74 Å². The number of aromatic amines is 1. The predicted molar refractivity (Wildman–Crippen MR) is 126 cm³/mol. The molecule has 1 saturated heterocycles. The van der Waals surface area contributed by atoms with Crippen LogP contribution in [0.3, 0.4) is 0 Å². The van der Waals surface area contributed by atoms with Crippen LogP contribution in [0.25, 0.3) is 11.1 Å². The molecule has 1 aromatic carbocycles. The van der Waals surface area contributed by atoms with Gasteiger partial charge in [0, 0.05) is 48.8 Å². The number of anilines is 1. The molecule has 3 heterocycles. The molecule has 0 spiro atoms. The molecule has 1 unspecified atom stereocenters. The maximum Gasteiger partial charge on any atom is 0.256 e. The number of ether oxygens (including phenoxy) is 1. The average Bonchev–Trinajstić information content (AvgIpc) is 3.33. The number of H-pyrrole nitrogens is 1. The molecule has 0 saturated carbocycles. The van der Waals surface area contributed by atoms with Gasteiger partial charge in [-0.1, -0.05) is 0 Å². The van der Waals surface area contributed by atoms with Crippen molar-refractivity contribution in [2.45, 2.75) is 32.3 Å². The fourth-order valence-electron chi connectivity index (χ4n) is 5.19. The number of aromatic nitrogens is 1. The molecule has 4 N–H and O–H groups in total. The number of hydrogen-bond donors (Lipinski definition) is 4. The average molecular weight is 469 g/mol. The van der Waals surface area contributed by atoms with Crippen LogP contribution in [0.5, 0.6) is 0 Å². The van der Waals surface area contributed by atoms with E-state index < -0.39 is 11.9 Å². The molecule has 0 bridgehead atoms. The van der Waals surface area contributed by atoms with Crippen molar-refractivity contribution < 1.29 is 23.8 Å². The number of amides is 2. The van der Waals surface area contributed by atoms with Gasteiger partial charge in [0.05, 0.1) is 30.5 Å². The first kappa shape index (κ1) is 22.8. The van der Waals surface area contributed by atoms with Crippen LogP contribution in [0.15, 0.2) is 18.2 Å². The van der Waals surface area contributed by atoms with Gasteiger partial charge in [-0.15, -0.1) is 0 Å². The highest BCUT2D eigenvalue weighted by Gasteiger charge is 2.33. The van der Waals surface area contributed by atoms with Crippen molar-refractivity contribution in [1.29, 1.82) is 0 Å². The number of nitrogens with one attached hydrogen (secondary N) is 3. The number of aliphatic hydroxyl groups excluding tert-OH is 1. The van der Waals surface area contributed by atoms with Crippen LogP contribution in [0.2, 0.25) is 0 Å². The number of fused-ring (bicyclic) bond motifs is 2. The molecule has 1 aromatic heterocycles. The number of carbonyl (C=O) groups is 2. The third kappa shape index (κ3) is 4.26. The minimum absolute atomic E-state index is 0.151. The molecule has 180 valence electrons. The molecular weight excluding hydrogens is 439 g/mol. The first-order valence-electron chi connectivity index (χ1n) is 11.7. The third-order valence-electron chi connectivity index (χ3n) is 6.77. The van der Waals surface area contributed by atoms with Gasteiger partial charge in [0.25, 0.3) is 11.8 Å². The molecule has 0 radical (unpaired) electrons. The minimum Gasteiger partial charge on any atom is -0.390 e. The van der Waals surface area contributed by atoms with Gasteiger partial charge < -0.3 is 25.5 Å². The molecule has 9 heteroatoms. The Kier molecular flexibility index (Phi) is 6.24. The van der Waals surface area contributed by atoms with Crippen molar-refractivity contribution in [3.05, 3.63) is 52.1 Å². The van der Waals surface area contributed by atoms with Crippen LogP contribution in [0.4, 0.5) is 10.1 Å². The van der Waals surface area contributed by atoms with Gasteiger partial charge in [-0.3, -0.25) is 14.5 Å². The molecule has 5 rings (SSSR count). The van der Waals surface area contributed by atoms with Gasteiger partial charge in [0.2, 0.25) is 0 Å². The number of halogens is 1. The summed E-state index contributed by atoms with van der Waals surface area (Å²) in [4.78, 5) is 31.3. The lowest BCUT2D eigenvalue weighted by atomic mass is 9.86. The molecule has 1 fully saturated rings. The summed E-state index contributed by atoms with van der Waals surface area (Å²) in [5.74, 6) is -0.903. The van der Waals surface area contributed by atoms with Gasteiger partial charge in [0.15, 0.2) is 0 Å². The van der Waals surface area contributed by atoms with Crippen molar-refractivity contribution in [3.8, 4) is 0 Å². The molecule has 2 amide bonds. The molecule has 1 aliphatic carbocycles. The number of carbonyl (C=O) groups excluding carboxylic acids is 2. The normalized spacial score (nSPS) is 21.1. The number of aliphatic hydroxyl groups is 1. The van der Waals surface area contributed by atoms with Gasteiger partial charge in [0.1, 0.15) is 5.82 Å². The SMILES string of the molecule is Cc1[nH]c2c(c1C(=O)NCC(O)CN1CCOCC1)CCCC2=C1C(=O)Nc2ccc(F)cc21. The summed E-state index contributed by atoms with van der Waals surface area (Å²) in [6, 6.07) is 4.28. The van der Waals surface area contributed by atoms with Gasteiger partial charge in [-0.05, 0) is 55.5 Å². The van der Waals surface area contributed by atoms with E-state index in [1.54, 1.807) is 6.07 Å². The second-order valence-corrected chi connectivity index (χ2v) is 9.11. The Morgan fingerprint density at radius 2 is 2.09 bits per heavy atom. The largest absolute Gasteiger partial charge is 0.390 e. The quantitative estimate of drug-likeness (QED) is 0.503. The van der Waals surface area contributed by atoms with Crippen LogP contribution in [0, 0.1) is 12.7 Å². The molecule has 1 atom stereocenters. The van der Waals surface area contributed by atoms with E-state index in [0.29, 0.717) is 60.7 Å². The summed E-state index contributed by atoms with van der Waals surface area (Å²) >= 11 is 0. The third-order valence-corrected chi connectivity index (χ3v) is 6.77. The Balaban J connectivity index is 1.38. The highest BCUT2D eigenvalue weighted by atomic mass is 19.1.